The number of pyridine rings is 2. The number of ether oxygens (including phenoxy) is 1. The molecule has 1 N–H and O–H groups in total. The monoisotopic (exact) mass is 490 g/mol. The van der Waals surface area contributed by atoms with Crippen LogP contribution in [0.15, 0.2) is 89.7 Å². The highest BCUT2D eigenvalue weighted by atomic mass is 16.5. The minimum atomic E-state index is -0.240. The van der Waals surface area contributed by atoms with E-state index < -0.39 is 0 Å². The van der Waals surface area contributed by atoms with Gasteiger partial charge < -0.3 is 14.4 Å². The number of aryl methyl sites for hydroxylation is 1. The second kappa shape index (κ2) is 9.19. The zero-order chi connectivity index (χ0) is 25.4. The molecule has 0 aliphatic heterocycles. The van der Waals surface area contributed by atoms with Crippen molar-refractivity contribution in [2.45, 2.75) is 13.2 Å². The van der Waals surface area contributed by atoms with E-state index in [1.54, 1.807) is 31.3 Å². The average molecular weight is 491 g/mol. The summed E-state index contributed by atoms with van der Waals surface area (Å²) < 4.78 is 7.49. The number of fused-ring (bicyclic) bond motifs is 2. The molecule has 6 rings (SSSR count). The summed E-state index contributed by atoms with van der Waals surface area (Å²) in [5, 5.41) is 24.3. The number of aromatic nitrogens is 6. The average Bonchev–Trinajstić information content (AvgIpc) is 3.37. The number of hydrogen-bond acceptors (Lipinski definition) is 7. The van der Waals surface area contributed by atoms with Crippen LogP contribution in [0.2, 0.25) is 0 Å². The lowest BCUT2D eigenvalue weighted by Crippen LogP contribution is -2.19. The molecular weight excluding hydrogens is 468 g/mol. The Morgan fingerprint density at radius 2 is 1.81 bits per heavy atom. The topological polar surface area (TPSA) is 108 Å². The Hall–Kier alpha value is -5.05. The van der Waals surface area contributed by atoms with Gasteiger partial charge in [-0.3, -0.25) is 4.79 Å². The predicted octanol–water partition coefficient (Wildman–Crippen LogP) is 4.07. The standard InChI is InChI=1S/C28H22N6O3/c1-33-26-12-11-22(35)14-20(26)15-24(28(33)36)27-30-32-34(31-27)16-18-5-4-7-23(13-18)37-17-21-10-9-19-6-2-3-8-25(19)29-21/h2-15,35H,16-17H2,1H3. The Labute approximate surface area is 211 Å². The first kappa shape index (κ1) is 22.4. The smallest absolute Gasteiger partial charge is 0.262 e. The Morgan fingerprint density at radius 3 is 2.73 bits per heavy atom. The molecule has 0 saturated carbocycles. The van der Waals surface area contributed by atoms with E-state index in [-0.39, 0.29) is 17.1 Å². The molecule has 0 unspecified atom stereocenters. The van der Waals surface area contributed by atoms with E-state index in [0.717, 1.165) is 22.2 Å². The maximum absolute atomic E-state index is 12.9. The van der Waals surface area contributed by atoms with Gasteiger partial charge in [-0.2, -0.15) is 4.80 Å². The van der Waals surface area contributed by atoms with E-state index in [9.17, 15) is 9.90 Å². The number of tetrazole rings is 1. The lowest BCUT2D eigenvalue weighted by Gasteiger charge is -2.08. The number of phenols is 1. The number of phenolic OH excluding ortho intramolecular Hbond substituents is 1. The summed E-state index contributed by atoms with van der Waals surface area (Å²) in [4.78, 5) is 19.0. The minimum Gasteiger partial charge on any atom is -0.508 e. The lowest BCUT2D eigenvalue weighted by atomic mass is 10.1. The Bertz CT molecular complexity index is 1830. The molecule has 0 aliphatic rings. The zero-order valence-corrected chi connectivity index (χ0v) is 19.9. The second-order valence-corrected chi connectivity index (χ2v) is 8.74. The van der Waals surface area contributed by atoms with Crippen LogP contribution in [-0.2, 0) is 20.2 Å². The van der Waals surface area contributed by atoms with Crippen molar-refractivity contribution in [3.8, 4) is 22.9 Å². The summed E-state index contributed by atoms with van der Waals surface area (Å²) in [6.45, 7) is 0.702. The molecule has 37 heavy (non-hydrogen) atoms. The molecule has 0 amide bonds. The molecule has 182 valence electrons. The quantitative estimate of drug-likeness (QED) is 0.375. The SMILES string of the molecule is Cn1c(=O)c(-c2nnn(Cc3cccc(OCc4ccc5ccccc5n4)c3)n2)cc2cc(O)ccc21. The predicted molar refractivity (Wildman–Crippen MR) is 139 cm³/mol. The van der Waals surface area contributed by atoms with E-state index in [1.165, 1.54) is 9.36 Å². The van der Waals surface area contributed by atoms with Gasteiger partial charge in [-0.25, -0.2) is 4.98 Å². The van der Waals surface area contributed by atoms with Crippen molar-refractivity contribution in [2.24, 2.45) is 7.05 Å². The van der Waals surface area contributed by atoms with Crippen molar-refractivity contribution in [3.63, 3.8) is 0 Å². The molecule has 0 aliphatic carbocycles. The van der Waals surface area contributed by atoms with Gasteiger partial charge in [0.1, 0.15) is 18.1 Å². The summed E-state index contributed by atoms with van der Waals surface area (Å²) >= 11 is 0. The van der Waals surface area contributed by atoms with E-state index in [2.05, 4.69) is 20.4 Å². The lowest BCUT2D eigenvalue weighted by molar-refractivity contribution is 0.301. The van der Waals surface area contributed by atoms with Crippen LogP contribution in [0.4, 0.5) is 0 Å². The summed E-state index contributed by atoms with van der Waals surface area (Å²) in [7, 11) is 1.68. The van der Waals surface area contributed by atoms with Crippen molar-refractivity contribution in [3.05, 3.63) is 107 Å². The first-order chi connectivity index (χ1) is 18.0. The Balaban J connectivity index is 1.20. The third kappa shape index (κ3) is 4.50. The number of nitrogens with zero attached hydrogens (tertiary/aromatic N) is 6. The third-order valence-electron chi connectivity index (χ3n) is 6.17. The fourth-order valence-electron chi connectivity index (χ4n) is 4.29. The highest BCUT2D eigenvalue weighted by molar-refractivity contribution is 5.84. The van der Waals surface area contributed by atoms with Gasteiger partial charge in [0.05, 0.1) is 28.8 Å². The molecule has 0 saturated heterocycles. The number of aromatic hydroxyl groups is 1. The molecule has 0 radical (unpaired) electrons. The van der Waals surface area contributed by atoms with E-state index in [4.69, 9.17) is 4.74 Å². The normalized spacial score (nSPS) is 11.3. The number of hydrogen-bond donors (Lipinski definition) is 1. The molecule has 9 nitrogen and oxygen atoms in total. The molecular formula is C28H22N6O3. The van der Waals surface area contributed by atoms with Crippen molar-refractivity contribution < 1.29 is 9.84 Å². The number of rotatable bonds is 6. The molecule has 9 heteroatoms. The molecule has 0 spiro atoms. The summed E-state index contributed by atoms with van der Waals surface area (Å²) in [5.74, 6) is 1.05. The fraction of sp³-hybridized carbons (Fsp3) is 0.107. The Kier molecular flexibility index (Phi) is 5.57. The van der Waals surface area contributed by atoms with Crippen LogP contribution in [-0.4, -0.2) is 34.9 Å². The summed E-state index contributed by atoms with van der Waals surface area (Å²) in [5.41, 5.74) is 3.47. The van der Waals surface area contributed by atoms with Gasteiger partial charge in [0.2, 0.25) is 5.82 Å². The number of benzene rings is 3. The van der Waals surface area contributed by atoms with Crippen LogP contribution in [0, 0.1) is 0 Å². The molecule has 3 aromatic heterocycles. The van der Waals surface area contributed by atoms with Crippen LogP contribution in [0.3, 0.4) is 0 Å². The molecule has 6 aromatic rings. The van der Waals surface area contributed by atoms with Crippen LogP contribution in [0.25, 0.3) is 33.2 Å². The van der Waals surface area contributed by atoms with Gasteiger partial charge >= 0.3 is 0 Å². The molecule has 3 heterocycles. The van der Waals surface area contributed by atoms with Gasteiger partial charge in [0.15, 0.2) is 0 Å². The first-order valence-corrected chi connectivity index (χ1v) is 11.7. The van der Waals surface area contributed by atoms with Gasteiger partial charge in [0.25, 0.3) is 5.56 Å². The van der Waals surface area contributed by atoms with Crippen LogP contribution in [0.5, 0.6) is 11.5 Å². The summed E-state index contributed by atoms with van der Waals surface area (Å²) in [6, 6.07) is 26.2. The third-order valence-corrected chi connectivity index (χ3v) is 6.17. The highest BCUT2D eigenvalue weighted by Gasteiger charge is 2.14. The maximum Gasteiger partial charge on any atom is 0.262 e. The minimum absolute atomic E-state index is 0.118. The van der Waals surface area contributed by atoms with Crippen molar-refractivity contribution in [2.75, 3.05) is 0 Å². The number of para-hydroxylation sites is 1. The zero-order valence-electron chi connectivity index (χ0n) is 19.9. The summed E-state index contributed by atoms with van der Waals surface area (Å²) in [6.07, 6.45) is 0. The van der Waals surface area contributed by atoms with Crippen molar-refractivity contribution in [1.29, 1.82) is 0 Å². The van der Waals surface area contributed by atoms with Crippen LogP contribution in [0.1, 0.15) is 11.3 Å². The molecule has 0 atom stereocenters. The van der Waals surface area contributed by atoms with Crippen molar-refractivity contribution >= 4 is 21.8 Å². The maximum atomic E-state index is 12.9. The molecule has 0 fully saturated rings. The first-order valence-electron chi connectivity index (χ1n) is 11.7. The van der Waals surface area contributed by atoms with Gasteiger partial charge in [-0.1, -0.05) is 36.4 Å². The van der Waals surface area contributed by atoms with Gasteiger partial charge in [-0.15, -0.1) is 10.2 Å². The highest BCUT2D eigenvalue weighted by Crippen LogP contribution is 2.22. The largest absolute Gasteiger partial charge is 0.508 e. The molecule has 0 bridgehead atoms. The van der Waals surface area contributed by atoms with Gasteiger partial charge in [0, 0.05) is 17.8 Å². The van der Waals surface area contributed by atoms with Crippen LogP contribution < -0.4 is 10.3 Å². The van der Waals surface area contributed by atoms with E-state index >= 15 is 0 Å². The second-order valence-electron chi connectivity index (χ2n) is 8.74. The van der Waals surface area contributed by atoms with Crippen molar-refractivity contribution in [1.82, 2.24) is 29.8 Å². The van der Waals surface area contributed by atoms with E-state index in [1.807, 2.05) is 60.7 Å². The van der Waals surface area contributed by atoms with Crippen LogP contribution >= 0.6 is 0 Å². The molecule has 3 aromatic carbocycles. The Morgan fingerprint density at radius 1 is 0.919 bits per heavy atom. The van der Waals surface area contributed by atoms with E-state index in [0.29, 0.717) is 35.4 Å². The fourth-order valence-corrected chi connectivity index (χ4v) is 4.29. The van der Waals surface area contributed by atoms with Gasteiger partial charge in [-0.05, 0) is 59.3 Å².